The SMILES string of the molecule is NC(=O)c1c2ccccc(Br)c-2oc1=O. The third-order valence-electron chi connectivity index (χ3n) is 1.99. The van der Waals surface area contributed by atoms with Crippen LogP contribution < -0.4 is 11.4 Å². The lowest BCUT2D eigenvalue weighted by atomic mass is 10.1. The molecule has 0 aromatic heterocycles. The number of rotatable bonds is 1. The maximum Gasteiger partial charge on any atom is 0.349 e. The minimum Gasteiger partial charge on any atom is -0.421 e. The van der Waals surface area contributed by atoms with E-state index in [9.17, 15) is 9.59 Å². The van der Waals surface area contributed by atoms with Gasteiger partial charge in [-0.2, -0.15) is 0 Å². The highest BCUT2D eigenvalue weighted by molar-refractivity contribution is 9.10. The molecule has 2 rings (SSSR count). The number of hydrogen-bond acceptors (Lipinski definition) is 3. The van der Waals surface area contributed by atoms with Crippen molar-refractivity contribution in [2.75, 3.05) is 0 Å². The fourth-order valence-electron chi connectivity index (χ4n) is 1.36. The first-order valence-corrected chi connectivity index (χ1v) is 4.91. The number of hydrogen-bond donors (Lipinski definition) is 1. The lowest BCUT2D eigenvalue weighted by molar-refractivity contribution is 0.0999. The van der Waals surface area contributed by atoms with Gasteiger partial charge in [-0.1, -0.05) is 18.2 Å². The van der Waals surface area contributed by atoms with E-state index in [1.54, 1.807) is 24.3 Å². The zero-order chi connectivity index (χ0) is 11.0. The van der Waals surface area contributed by atoms with Gasteiger partial charge in [0, 0.05) is 5.56 Å². The Kier molecular flexibility index (Phi) is 2.32. The molecule has 0 atom stereocenters. The molecule has 0 unspecified atom stereocenters. The Hall–Kier alpha value is -1.62. The van der Waals surface area contributed by atoms with Gasteiger partial charge in [0.1, 0.15) is 5.56 Å². The second kappa shape index (κ2) is 3.51. The van der Waals surface area contributed by atoms with Gasteiger partial charge in [-0.25, -0.2) is 4.79 Å². The second-order valence-electron chi connectivity index (χ2n) is 2.94. The molecule has 0 aromatic carbocycles. The number of carbonyl (C=O) groups is 1. The van der Waals surface area contributed by atoms with Gasteiger partial charge < -0.3 is 10.2 Å². The summed E-state index contributed by atoms with van der Waals surface area (Å²) >= 11 is 3.24. The van der Waals surface area contributed by atoms with Crippen molar-refractivity contribution in [3.63, 3.8) is 0 Å². The molecule has 2 aliphatic rings. The Labute approximate surface area is 93.2 Å². The van der Waals surface area contributed by atoms with Crippen LogP contribution in [0.3, 0.4) is 0 Å². The quantitative estimate of drug-likeness (QED) is 0.853. The highest BCUT2D eigenvalue weighted by atomic mass is 79.9. The average Bonchev–Trinajstić information content (AvgIpc) is 2.40. The van der Waals surface area contributed by atoms with Crippen LogP contribution in [0.15, 0.2) is 37.9 Å². The summed E-state index contributed by atoms with van der Waals surface area (Å²) in [5.41, 5.74) is 4.71. The molecular formula is C10H6BrNO3. The van der Waals surface area contributed by atoms with Gasteiger partial charge >= 0.3 is 5.63 Å². The number of primary amides is 1. The molecule has 1 amide bonds. The Morgan fingerprint density at radius 3 is 2.67 bits per heavy atom. The van der Waals surface area contributed by atoms with Gasteiger partial charge in [0.15, 0.2) is 5.76 Å². The van der Waals surface area contributed by atoms with Crippen LogP contribution in [0.1, 0.15) is 10.4 Å². The van der Waals surface area contributed by atoms with Crippen LogP contribution in [-0.4, -0.2) is 5.91 Å². The van der Waals surface area contributed by atoms with Crippen molar-refractivity contribution in [1.29, 1.82) is 0 Å². The minimum absolute atomic E-state index is 0.109. The van der Waals surface area contributed by atoms with E-state index in [2.05, 4.69) is 15.9 Å². The molecular weight excluding hydrogens is 262 g/mol. The molecule has 15 heavy (non-hydrogen) atoms. The molecule has 1 aliphatic heterocycles. The fraction of sp³-hybridized carbons (Fsp3) is 0. The minimum atomic E-state index is -0.781. The predicted molar refractivity (Wildman–Crippen MR) is 57.8 cm³/mol. The van der Waals surface area contributed by atoms with E-state index >= 15 is 0 Å². The van der Waals surface area contributed by atoms with Crippen molar-refractivity contribution in [2.45, 2.75) is 0 Å². The molecule has 0 fully saturated rings. The molecule has 1 heterocycles. The normalized spacial score (nSPS) is 10.5. The lowest BCUT2D eigenvalue weighted by Crippen LogP contribution is -2.18. The van der Waals surface area contributed by atoms with Gasteiger partial charge in [-0.15, -0.1) is 0 Å². The average molecular weight is 268 g/mol. The zero-order valence-electron chi connectivity index (χ0n) is 7.49. The molecule has 0 saturated carbocycles. The Bertz CT molecular complexity index is 561. The Morgan fingerprint density at radius 2 is 2.00 bits per heavy atom. The molecule has 1 aliphatic carbocycles. The van der Waals surface area contributed by atoms with Crippen LogP contribution in [0.2, 0.25) is 0 Å². The first-order chi connectivity index (χ1) is 7.11. The van der Waals surface area contributed by atoms with Gasteiger partial charge in [0.05, 0.1) is 4.47 Å². The lowest BCUT2D eigenvalue weighted by Gasteiger charge is -1.92. The van der Waals surface area contributed by atoms with Crippen molar-refractivity contribution in [2.24, 2.45) is 5.73 Å². The first-order valence-electron chi connectivity index (χ1n) is 4.12. The second-order valence-corrected chi connectivity index (χ2v) is 3.79. The fourth-order valence-corrected chi connectivity index (χ4v) is 1.81. The van der Waals surface area contributed by atoms with Gasteiger partial charge in [-0.3, -0.25) is 4.79 Å². The molecule has 0 spiro atoms. The highest BCUT2D eigenvalue weighted by Crippen LogP contribution is 2.30. The Morgan fingerprint density at radius 1 is 1.33 bits per heavy atom. The predicted octanol–water partition coefficient (Wildman–Crippen LogP) is 1.61. The molecule has 0 aromatic rings. The van der Waals surface area contributed by atoms with E-state index in [0.29, 0.717) is 15.8 Å². The first kappa shape index (κ1) is 9.92. The standard InChI is InChI=1S/C10H6BrNO3/c11-6-4-2-1-3-5-7(9(12)13)10(14)15-8(5)6/h1-4H,(H2,12,13). The van der Waals surface area contributed by atoms with Crippen molar-refractivity contribution >= 4 is 21.8 Å². The van der Waals surface area contributed by atoms with Crippen molar-refractivity contribution in [3.05, 3.63) is 44.7 Å². The van der Waals surface area contributed by atoms with E-state index in [0.717, 1.165) is 0 Å². The molecule has 0 bridgehead atoms. The molecule has 4 nitrogen and oxygen atoms in total. The highest BCUT2D eigenvalue weighted by Gasteiger charge is 2.22. The largest absolute Gasteiger partial charge is 0.421 e. The van der Waals surface area contributed by atoms with Crippen LogP contribution in [-0.2, 0) is 0 Å². The van der Waals surface area contributed by atoms with Crippen LogP contribution in [0.4, 0.5) is 0 Å². The van der Waals surface area contributed by atoms with Gasteiger partial charge in [0.25, 0.3) is 5.91 Å². The summed E-state index contributed by atoms with van der Waals surface area (Å²) in [6, 6.07) is 6.80. The molecule has 5 heteroatoms. The van der Waals surface area contributed by atoms with Crippen LogP contribution in [0.5, 0.6) is 0 Å². The molecule has 0 radical (unpaired) electrons. The van der Waals surface area contributed by atoms with Crippen molar-refractivity contribution in [1.82, 2.24) is 0 Å². The summed E-state index contributed by atoms with van der Waals surface area (Å²) in [4.78, 5) is 22.4. The molecule has 0 saturated heterocycles. The number of amides is 1. The summed E-state index contributed by atoms with van der Waals surface area (Å²) in [5.74, 6) is -0.448. The number of furan rings is 1. The smallest absolute Gasteiger partial charge is 0.349 e. The number of nitrogens with two attached hydrogens (primary N) is 1. The number of fused-ring (bicyclic) bond motifs is 1. The van der Waals surface area contributed by atoms with E-state index in [-0.39, 0.29) is 5.56 Å². The van der Waals surface area contributed by atoms with Crippen LogP contribution >= 0.6 is 15.9 Å². The Balaban J connectivity index is 2.89. The maximum atomic E-state index is 11.3. The summed E-state index contributed by atoms with van der Waals surface area (Å²) < 4.78 is 5.55. The van der Waals surface area contributed by atoms with Gasteiger partial charge in [0.2, 0.25) is 0 Å². The van der Waals surface area contributed by atoms with E-state index in [4.69, 9.17) is 10.2 Å². The van der Waals surface area contributed by atoms with Crippen LogP contribution in [0.25, 0.3) is 11.3 Å². The van der Waals surface area contributed by atoms with Crippen molar-refractivity contribution in [3.8, 4) is 11.3 Å². The third kappa shape index (κ3) is 1.55. The summed E-state index contributed by atoms with van der Waals surface area (Å²) in [6.45, 7) is 0. The molecule has 76 valence electrons. The topological polar surface area (TPSA) is 73.3 Å². The van der Waals surface area contributed by atoms with Crippen molar-refractivity contribution < 1.29 is 9.21 Å². The van der Waals surface area contributed by atoms with E-state index in [1.807, 2.05) is 0 Å². The zero-order valence-corrected chi connectivity index (χ0v) is 9.08. The summed E-state index contributed by atoms with van der Waals surface area (Å²) in [7, 11) is 0. The summed E-state index contributed by atoms with van der Waals surface area (Å²) in [5, 5.41) is 0. The molecule has 2 N–H and O–H groups in total. The monoisotopic (exact) mass is 267 g/mol. The van der Waals surface area contributed by atoms with E-state index < -0.39 is 11.5 Å². The number of halogens is 1. The number of carbonyl (C=O) groups excluding carboxylic acids is 1. The third-order valence-corrected chi connectivity index (χ3v) is 2.62. The summed E-state index contributed by atoms with van der Waals surface area (Å²) in [6.07, 6.45) is 0. The van der Waals surface area contributed by atoms with Gasteiger partial charge in [-0.05, 0) is 22.0 Å². The maximum absolute atomic E-state index is 11.3. The van der Waals surface area contributed by atoms with E-state index in [1.165, 1.54) is 0 Å². The van der Waals surface area contributed by atoms with Crippen LogP contribution in [0, 0.1) is 0 Å².